The van der Waals surface area contributed by atoms with Gasteiger partial charge in [0.25, 0.3) is 0 Å². The van der Waals surface area contributed by atoms with E-state index in [0.717, 1.165) is 6.42 Å². The summed E-state index contributed by atoms with van der Waals surface area (Å²) in [6.07, 6.45) is 0.953. The molecule has 0 amide bonds. The summed E-state index contributed by atoms with van der Waals surface area (Å²) in [4.78, 5) is 0. The van der Waals surface area contributed by atoms with E-state index in [1.807, 2.05) is 0 Å². The molecule has 0 heteroatoms. The lowest BCUT2D eigenvalue weighted by Crippen LogP contribution is -2.04. The van der Waals surface area contributed by atoms with Gasteiger partial charge in [0.15, 0.2) is 0 Å². The molecular formula is C34H32. The topological polar surface area (TPSA) is 0 Å². The van der Waals surface area contributed by atoms with E-state index >= 15 is 0 Å². The fraction of sp³-hybridized carbons (Fsp3) is 0.176. The van der Waals surface area contributed by atoms with Crippen molar-refractivity contribution in [3.63, 3.8) is 0 Å². The molecule has 0 aliphatic heterocycles. The maximum absolute atomic E-state index is 2.33. The molecule has 0 fully saturated rings. The number of fused-ring (bicyclic) bond motifs is 1. The van der Waals surface area contributed by atoms with Crippen LogP contribution in [0.5, 0.6) is 0 Å². The van der Waals surface area contributed by atoms with Crippen LogP contribution in [0.4, 0.5) is 0 Å². The summed E-state index contributed by atoms with van der Waals surface area (Å²) in [6.45, 7) is 6.81. The van der Waals surface area contributed by atoms with Gasteiger partial charge in [0.05, 0.1) is 0 Å². The van der Waals surface area contributed by atoms with E-state index in [0.29, 0.717) is 11.8 Å². The first kappa shape index (κ1) is 22.2. The number of aryl methyl sites for hydroxylation is 1. The first-order valence-corrected chi connectivity index (χ1v) is 12.3. The molecule has 0 bridgehead atoms. The van der Waals surface area contributed by atoms with Gasteiger partial charge in [-0.25, -0.2) is 0 Å². The minimum Gasteiger partial charge on any atom is -0.0616 e. The lowest BCUT2D eigenvalue weighted by atomic mass is 9.83. The predicted molar refractivity (Wildman–Crippen MR) is 147 cm³/mol. The highest BCUT2D eigenvalue weighted by atomic mass is 14.2. The van der Waals surface area contributed by atoms with Crippen LogP contribution in [0.15, 0.2) is 115 Å². The maximum Gasteiger partial charge on any atom is -0.00196 e. The SMILES string of the molecule is Cc1ccc(C(C)C(C)c2ccc(-c3ccc(Cc4cccc5ccccc45)cc3)cc2)cc1. The largest absolute Gasteiger partial charge is 0.0616 e. The van der Waals surface area contributed by atoms with Gasteiger partial charge in [-0.1, -0.05) is 135 Å². The van der Waals surface area contributed by atoms with Crippen molar-refractivity contribution in [2.24, 2.45) is 0 Å². The Morgan fingerprint density at radius 3 is 1.71 bits per heavy atom. The lowest BCUT2D eigenvalue weighted by Gasteiger charge is -2.21. The third-order valence-electron chi connectivity index (χ3n) is 7.35. The van der Waals surface area contributed by atoms with Crippen LogP contribution in [0.2, 0.25) is 0 Å². The van der Waals surface area contributed by atoms with Crippen LogP contribution in [0.1, 0.15) is 53.5 Å². The molecule has 0 aromatic heterocycles. The summed E-state index contributed by atoms with van der Waals surface area (Å²) in [5.41, 5.74) is 9.39. The van der Waals surface area contributed by atoms with Crippen molar-refractivity contribution in [1.82, 2.24) is 0 Å². The zero-order chi connectivity index (χ0) is 23.5. The van der Waals surface area contributed by atoms with Gasteiger partial charge in [0.2, 0.25) is 0 Å². The van der Waals surface area contributed by atoms with Crippen LogP contribution in [0.3, 0.4) is 0 Å². The van der Waals surface area contributed by atoms with Gasteiger partial charge in [0.1, 0.15) is 0 Å². The molecule has 168 valence electrons. The van der Waals surface area contributed by atoms with Crippen LogP contribution < -0.4 is 0 Å². The zero-order valence-corrected chi connectivity index (χ0v) is 20.3. The van der Waals surface area contributed by atoms with Gasteiger partial charge in [-0.05, 0) is 69.3 Å². The predicted octanol–water partition coefficient (Wildman–Crippen LogP) is 9.31. The Morgan fingerprint density at radius 1 is 0.529 bits per heavy atom. The van der Waals surface area contributed by atoms with Crippen LogP contribution in [0, 0.1) is 6.92 Å². The fourth-order valence-corrected chi connectivity index (χ4v) is 4.91. The summed E-state index contributed by atoms with van der Waals surface area (Å²) >= 11 is 0. The number of hydrogen-bond acceptors (Lipinski definition) is 0. The summed E-state index contributed by atoms with van der Waals surface area (Å²) in [7, 11) is 0. The second kappa shape index (κ2) is 9.69. The minimum absolute atomic E-state index is 0.472. The quantitative estimate of drug-likeness (QED) is 0.247. The molecule has 34 heavy (non-hydrogen) atoms. The van der Waals surface area contributed by atoms with Crippen LogP contribution in [0.25, 0.3) is 21.9 Å². The lowest BCUT2D eigenvalue weighted by molar-refractivity contribution is 0.623. The van der Waals surface area contributed by atoms with Crippen molar-refractivity contribution in [2.45, 2.75) is 39.0 Å². The maximum atomic E-state index is 2.33. The number of hydrogen-bond donors (Lipinski definition) is 0. The second-order valence-electron chi connectivity index (χ2n) is 9.62. The molecule has 0 aliphatic rings. The van der Waals surface area contributed by atoms with E-state index < -0.39 is 0 Å². The van der Waals surface area contributed by atoms with E-state index in [1.165, 1.54) is 49.7 Å². The Morgan fingerprint density at radius 2 is 1.06 bits per heavy atom. The van der Waals surface area contributed by atoms with Gasteiger partial charge in [-0.15, -0.1) is 0 Å². The molecule has 0 radical (unpaired) electrons. The van der Waals surface area contributed by atoms with E-state index in [2.05, 4.69) is 136 Å². The summed E-state index contributed by atoms with van der Waals surface area (Å²) in [5.74, 6) is 0.958. The summed E-state index contributed by atoms with van der Waals surface area (Å²) in [5, 5.41) is 2.65. The van der Waals surface area contributed by atoms with E-state index in [4.69, 9.17) is 0 Å². The van der Waals surface area contributed by atoms with Gasteiger partial charge in [-0.2, -0.15) is 0 Å². The van der Waals surface area contributed by atoms with Gasteiger partial charge < -0.3 is 0 Å². The smallest absolute Gasteiger partial charge is 0.00196 e. The highest BCUT2D eigenvalue weighted by Crippen LogP contribution is 2.33. The Bertz CT molecular complexity index is 1370. The van der Waals surface area contributed by atoms with Crippen molar-refractivity contribution in [3.8, 4) is 11.1 Å². The third-order valence-corrected chi connectivity index (χ3v) is 7.35. The van der Waals surface area contributed by atoms with Gasteiger partial charge in [0, 0.05) is 0 Å². The van der Waals surface area contributed by atoms with E-state index in [9.17, 15) is 0 Å². The normalized spacial score (nSPS) is 13.0. The van der Waals surface area contributed by atoms with E-state index in [1.54, 1.807) is 0 Å². The van der Waals surface area contributed by atoms with Crippen molar-refractivity contribution in [3.05, 3.63) is 143 Å². The summed E-state index contributed by atoms with van der Waals surface area (Å²) in [6, 6.07) is 42.4. The molecule has 5 rings (SSSR count). The molecule has 0 saturated carbocycles. The van der Waals surface area contributed by atoms with Crippen LogP contribution in [-0.2, 0) is 6.42 Å². The molecule has 0 heterocycles. The molecule has 5 aromatic rings. The zero-order valence-electron chi connectivity index (χ0n) is 20.3. The van der Waals surface area contributed by atoms with Crippen molar-refractivity contribution >= 4 is 10.8 Å². The first-order chi connectivity index (χ1) is 16.6. The molecule has 0 N–H and O–H groups in total. The molecule has 2 atom stereocenters. The number of rotatable bonds is 6. The van der Waals surface area contributed by atoms with Crippen LogP contribution in [-0.4, -0.2) is 0 Å². The average molecular weight is 441 g/mol. The number of benzene rings is 5. The Labute approximate surface area is 203 Å². The molecule has 0 saturated heterocycles. The second-order valence-corrected chi connectivity index (χ2v) is 9.62. The third kappa shape index (κ3) is 4.68. The fourth-order valence-electron chi connectivity index (χ4n) is 4.91. The Hall–Kier alpha value is -3.64. The molecule has 0 aliphatic carbocycles. The standard InChI is InChI=1S/C34H32/c1-24-11-15-28(16-12-24)25(2)26(3)29-19-21-31(22-20-29)30-17-13-27(14-18-30)23-33-9-6-8-32-7-4-5-10-34(32)33/h4-22,25-26H,23H2,1-3H3. The molecular weight excluding hydrogens is 408 g/mol. The van der Waals surface area contributed by atoms with E-state index in [-0.39, 0.29) is 0 Å². The Kier molecular flexibility index (Phi) is 6.32. The van der Waals surface area contributed by atoms with Crippen molar-refractivity contribution < 1.29 is 0 Å². The summed E-state index contributed by atoms with van der Waals surface area (Å²) < 4.78 is 0. The van der Waals surface area contributed by atoms with Gasteiger partial charge in [-0.3, -0.25) is 0 Å². The minimum atomic E-state index is 0.472. The van der Waals surface area contributed by atoms with Crippen molar-refractivity contribution in [2.75, 3.05) is 0 Å². The monoisotopic (exact) mass is 440 g/mol. The van der Waals surface area contributed by atoms with Gasteiger partial charge >= 0.3 is 0 Å². The highest BCUT2D eigenvalue weighted by Gasteiger charge is 2.16. The molecule has 0 spiro atoms. The van der Waals surface area contributed by atoms with Crippen LogP contribution >= 0.6 is 0 Å². The molecule has 5 aromatic carbocycles. The van der Waals surface area contributed by atoms with Crippen molar-refractivity contribution in [1.29, 1.82) is 0 Å². The first-order valence-electron chi connectivity index (χ1n) is 12.3. The average Bonchev–Trinajstić information content (AvgIpc) is 2.89. The molecule has 2 unspecified atom stereocenters. The molecule has 0 nitrogen and oxygen atoms in total. The Balaban J connectivity index is 1.30. The highest BCUT2D eigenvalue weighted by molar-refractivity contribution is 5.86.